The van der Waals surface area contributed by atoms with Gasteiger partial charge in [0.15, 0.2) is 11.9 Å². The molecule has 5 aliphatic carbocycles. The molecule has 9 heteroatoms. The van der Waals surface area contributed by atoms with Crippen LogP contribution in [-0.2, 0) is 33.3 Å². The molecule has 4 spiro atoms. The predicted molar refractivity (Wildman–Crippen MR) is 167 cm³/mol. The highest BCUT2D eigenvalue weighted by atomic mass is 16.7. The monoisotopic (exact) mass is 658 g/mol. The van der Waals surface area contributed by atoms with Crippen molar-refractivity contribution in [1.29, 1.82) is 0 Å². The minimum Gasteiger partial charge on any atom is -0.472 e. The molecule has 16 atom stereocenters. The number of Topliss-reactive ketones (excluding diaryl/α,β-unsaturated/α-hetero) is 1. The normalized spacial score (nSPS) is 59.1. The summed E-state index contributed by atoms with van der Waals surface area (Å²) in [5.41, 5.74) is -4.32. The van der Waals surface area contributed by atoms with E-state index < -0.39 is 69.2 Å². The third kappa shape index (κ3) is 2.55. The summed E-state index contributed by atoms with van der Waals surface area (Å²) in [6.45, 7) is 10.8. The molecule has 6 heterocycles. The van der Waals surface area contributed by atoms with Crippen LogP contribution in [0.25, 0.3) is 0 Å². The maximum atomic E-state index is 15.5. The van der Waals surface area contributed by atoms with Crippen molar-refractivity contribution < 1.29 is 42.9 Å². The van der Waals surface area contributed by atoms with Crippen LogP contribution < -0.4 is 0 Å². The average Bonchev–Trinajstić information content (AvgIpc) is 3.29. The highest BCUT2D eigenvalue weighted by Gasteiger charge is 2.97. The van der Waals surface area contributed by atoms with Crippen LogP contribution in [0.3, 0.4) is 0 Å². The van der Waals surface area contributed by atoms with Crippen molar-refractivity contribution in [3.63, 3.8) is 0 Å². The highest BCUT2D eigenvalue weighted by Crippen LogP contribution is 2.88. The number of rotatable bonds is 3. The Hall–Kier alpha value is -2.49. The van der Waals surface area contributed by atoms with Crippen molar-refractivity contribution in [1.82, 2.24) is 0 Å². The summed E-state index contributed by atoms with van der Waals surface area (Å²) in [5, 5.41) is 12.8. The van der Waals surface area contributed by atoms with Crippen molar-refractivity contribution in [3.8, 4) is 0 Å². The molecule has 1 aromatic heterocycles. The number of carbonyl (C=O) groups excluding carboxylic acids is 3. The van der Waals surface area contributed by atoms with E-state index in [9.17, 15) is 14.7 Å². The van der Waals surface area contributed by atoms with E-state index in [1.807, 2.05) is 13.0 Å². The molecule has 0 aromatic carbocycles. The molecule has 0 unspecified atom stereocenters. The fourth-order valence-corrected chi connectivity index (χ4v) is 16.1. The number of fused-ring (bicyclic) bond motifs is 2. The molecule has 11 rings (SSSR count). The van der Waals surface area contributed by atoms with E-state index in [0.29, 0.717) is 18.3 Å². The second kappa shape index (κ2) is 8.18. The van der Waals surface area contributed by atoms with Gasteiger partial charge in [-0.2, -0.15) is 0 Å². The van der Waals surface area contributed by atoms with Gasteiger partial charge in [-0.1, -0.05) is 40.2 Å². The van der Waals surface area contributed by atoms with Gasteiger partial charge in [0.25, 0.3) is 0 Å². The third-order valence-electron chi connectivity index (χ3n) is 16.9. The molecule has 256 valence electrons. The number of hydrogen-bond donors (Lipinski definition) is 1. The Bertz CT molecular complexity index is 1750. The number of furan rings is 1. The second-order valence-electron chi connectivity index (χ2n) is 18.7. The molecule has 9 fully saturated rings. The smallest absolute Gasteiger partial charge is 0.339 e. The fraction of sp³-hybridized carbons (Fsp3) is 0.769. The van der Waals surface area contributed by atoms with Crippen molar-refractivity contribution in [2.24, 2.45) is 63.1 Å². The van der Waals surface area contributed by atoms with Gasteiger partial charge in [-0.05, 0) is 86.2 Å². The molecular formula is C39H46O9. The molecular weight excluding hydrogens is 612 g/mol. The van der Waals surface area contributed by atoms with Crippen molar-refractivity contribution in [3.05, 3.63) is 35.8 Å². The standard InChI is InChI=1S/C39H46O9/c1-18(2)11-22-13-23-12-21-7-6-9-36(21)15-20-14-33(3)29(19-8-10-44-16-19)46-32(43)30-39(33,47-30)34(4)25(20)37-17-45-31(42)27(36)38(23,37)48-35(22,5)26(37)24(40)28(34)41/h8,10,13,16,18,20-22,25-30,41H,6-7,9,11-12,14-15,17H2,1-5H3/t20-,21+,22-,25+,26-,27+,28-,29+,30+,33-,34-,35+,36-,37-,38+,39-/m1/s1. The summed E-state index contributed by atoms with van der Waals surface area (Å²) < 4.78 is 32.7. The third-order valence-corrected chi connectivity index (χ3v) is 16.9. The average molecular weight is 659 g/mol. The van der Waals surface area contributed by atoms with Gasteiger partial charge in [-0.15, -0.1) is 0 Å². The van der Waals surface area contributed by atoms with Crippen LogP contribution in [0.2, 0.25) is 0 Å². The van der Waals surface area contributed by atoms with Crippen LogP contribution in [0, 0.1) is 63.1 Å². The predicted octanol–water partition coefficient (Wildman–Crippen LogP) is 5.11. The van der Waals surface area contributed by atoms with E-state index in [4.69, 9.17) is 23.4 Å². The Morgan fingerprint density at radius 1 is 1.04 bits per heavy atom. The fourth-order valence-electron chi connectivity index (χ4n) is 16.1. The molecule has 0 amide bonds. The highest BCUT2D eigenvalue weighted by molar-refractivity contribution is 5.94. The van der Waals surface area contributed by atoms with Crippen LogP contribution in [0.4, 0.5) is 0 Å². The van der Waals surface area contributed by atoms with Gasteiger partial charge in [0.1, 0.15) is 30.0 Å². The summed E-state index contributed by atoms with van der Waals surface area (Å²) in [6.07, 6.45) is 8.88. The minimum atomic E-state index is -1.40. The number of epoxide rings is 1. The summed E-state index contributed by atoms with van der Waals surface area (Å²) in [5.74, 6) is -1.74. The first-order valence-electron chi connectivity index (χ1n) is 18.5. The zero-order valence-electron chi connectivity index (χ0n) is 28.5. The van der Waals surface area contributed by atoms with Crippen LogP contribution in [0.1, 0.15) is 91.2 Å². The first kappa shape index (κ1) is 29.3. The topological polar surface area (TPSA) is 125 Å². The largest absolute Gasteiger partial charge is 0.472 e. The van der Waals surface area contributed by atoms with Crippen LogP contribution in [0.15, 0.2) is 34.7 Å². The Labute approximate surface area is 280 Å². The Balaban J connectivity index is 1.24. The summed E-state index contributed by atoms with van der Waals surface area (Å²) in [4.78, 5) is 43.9. The molecule has 1 aromatic rings. The first-order valence-corrected chi connectivity index (χ1v) is 18.5. The number of esters is 2. The van der Waals surface area contributed by atoms with E-state index in [1.165, 1.54) is 5.57 Å². The second-order valence-corrected chi connectivity index (χ2v) is 18.7. The summed E-state index contributed by atoms with van der Waals surface area (Å²) >= 11 is 0. The minimum absolute atomic E-state index is 0.00153. The number of ether oxygens (including phenoxy) is 4. The van der Waals surface area contributed by atoms with Gasteiger partial charge in [-0.3, -0.25) is 9.59 Å². The van der Waals surface area contributed by atoms with Gasteiger partial charge < -0.3 is 28.5 Å². The molecule has 1 N–H and O–H groups in total. The van der Waals surface area contributed by atoms with Gasteiger partial charge in [0.05, 0.1) is 35.4 Å². The Kier molecular flexibility index (Phi) is 4.98. The Morgan fingerprint density at radius 3 is 2.60 bits per heavy atom. The van der Waals surface area contributed by atoms with Crippen LogP contribution >= 0.6 is 0 Å². The van der Waals surface area contributed by atoms with E-state index >= 15 is 4.79 Å². The van der Waals surface area contributed by atoms with E-state index in [-0.39, 0.29) is 41.5 Å². The number of hydrogen-bond acceptors (Lipinski definition) is 9. The molecule has 5 bridgehead atoms. The van der Waals surface area contributed by atoms with Crippen LogP contribution in [-0.4, -0.2) is 58.4 Å². The van der Waals surface area contributed by atoms with Gasteiger partial charge in [0, 0.05) is 22.3 Å². The SMILES string of the molecule is CC(C)C[C@@H]1C=C2C[C@@H]3CCC[C@@]34C[C@H]3C[C@]5(C)[C@H](c6ccoc6)OC(=O)[C@@H]6O[C@]65[C@@]5(C)[C@H](O)C(=O)[C@@H]6[C@@]1(C)O[C@]21[C@H]4C(=O)OC[C@@]61[C@@H]35. The molecule has 5 saturated carbocycles. The van der Waals surface area contributed by atoms with E-state index in [1.54, 1.807) is 12.5 Å². The molecule has 9 nitrogen and oxygen atoms in total. The van der Waals surface area contributed by atoms with E-state index in [0.717, 1.165) is 44.1 Å². The molecule has 5 aliphatic heterocycles. The number of ketones is 1. The van der Waals surface area contributed by atoms with Crippen molar-refractivity contribution in [2.45, 2.75) is 115 Å². The van der Waals surface area contributed by atoms with E-state index in [2.05, 4.69) is 33.8 Å². The zero-order chi connectivity index (χ0) is 33.2. The van der Waals surface area contributed by atoms with Gasteiger partial charge in [-0.25, -0.2) is 4.79 Å². The number of aliphatic hydroxyl groups excluding tert-OH is 1. The number of carbonyl (C=O) groups is 3. The van der Waals surface area contributed by atoms with Crippen molar-refractivity contribution in [2.75, 3.05) is 6.61 Å². The number of cyclic esters (lactones) is 2. The first-order chi connectivity index (χ1) is 22.8. The van der Waals surface area contributed by atoms with Crippen molar-refractivity contribution >= 4 is 17.7 Å². The number of aliphatic hydroxyl groups is 1. The quantitative estimate of drug-likeness (QED) is 0.268. The molecule has 4 saturated heterocycles. The lowest BCUT2D eigenvalue weighted by Crippen LogP contribution is -2.80. The molecule has 10 aliphatic rings. The van der Waals surface area contributed by atoms with Gasteiger partial charge in [0.2, 0.25) is 0 Å². The maximum Gasteiger partial charge on any atom is 0.339 e. The summed E-state index contributed by atoms with van der Waals surface area (Å²) in [6, 6.07) is 1.84. The molecule has 48 heavy (non-hydrogen) atoms. The lowest BCUT2D eigenvalue weighted by Gasteiger charge is -2.70. The lowest BCUT2D eigenvalue weighted by molar-refractivity contribution is -0.280. The van der Waals surface area contributed by atoms with Crippen LogP contribution in [0.5, 0.6) is 0 Å². The summed E-state index contributed by atoms with van der Waals surface area (Å²) in [7, 11) is 0. The molecule has 0 radical (unpaired) electrons. The Morgan fingerprint density at radius 2 is 1.85 bits per heavy atom. The lowest BCUT2D eigenvalue weighted by atomic mass is 9.33. The zero-order valence-corrected chi connectivity index (χ0v) is 28.5. The van der Waals surface area contributed by atoms with Gasteiger partial charge >= 0.3 is 11.9 Å². The maximum absolute atomic E-state index is 15.5.